The van der Waals surface area contributed by atoms with Gasteiger partial charge in [-0.1, -0.05) is 24.3 Å². The van der Waals surface area contributed by atoms with E-state index in [0.29, 0.717) is 5.56 Å². The van der Waals surface area contributed by atoms with Crippen LogP contribution in [-0.4, -0.2) is 36.7 Å². The van der Waals surface area contributed by atoms with Crippen molar-refractivity contribution < 1.29 is 18.6 Å². The molecule has 0 fully saturated rings. The summed E-state index contributed by atoms with van der Waals surface area (Å²) < 4.78 is 22.7. The molecule has 4 nitrogen and oxygen atoms in total. The second-order valence-electron chi connectivity index (χ2n) is 3.85. The van der Waals surface area contributed by atoms with Crippen LogP contribution in [0.15, 0.2) is 24.3 Å². The zero-order valence-corrected chi connectivity index (χ0v) is 10.1. The first-order chi connectivity index (χ1) is 7.38. The van der Waals surface area contributed by atoms with Gasteiger partial charge >= 0.3 is 0 Å². The van der Waals surface area contributed by atoms with Crippen LogP contribution >= 0.6 is 0 Å². The summed E-state index contributed by atoms with van der Waals surface area (Å²) in [6.45, 7) is 1.20. The van der Waals surface area contributed by atoms with Gasteiger partial charge in [0.15, 0.2) is 9.84 Å². The maximum Gasteiger partial charge on any atom is 0.155 e. The highest BCUT2D eigenvalue weighted by atomic mass is 32.2. The molecule has 0 radical (unpaired) electrons. The average Bonchev–Trinajstić information content (AvgIpc) is 2.17. The molecule has 90 valence electrons. The minimum absolute atomic E-state index is 0.534. The molecule has 0 heterocycles. The molecule has 0 saturated carbocycles. The van der Waals surface area contributed by atoms with E-state index in [1.165, 1.54) is 0 Å². The molecule has 0 bridgehead atoms. The first-order valence-corrected chi connectivity index (χ1v) is 6.86. The lowest BCUT2D eigenvalue weighted by atomic mass is 10.0. The summed E-state index contributed by atoms with van der Waals surface area (Å²) in [6, 6.07) is 6.98. The summed E-state index contributed by atoms with van der Waals surface area (Å²) in [6.07, 6.45) is -0.184. The highest BCUT2D eigenvalue weighted by Crippen LogP contribution is 2.24. The van der Waals surface area contributed by atoms with Crippen LogP contribution in [0.4, 0.5) is 0 Å². The summed E-state index contributed by atoms with van der Waals surface area (Å²) in [5.74, 6) is 0. The Balaban J connectivity index is 3.10. The first kappa shape index (κ1) is 13.2. The van der Waals surface area contributed by atoms with Gasteiger partial charge in [-0.15, -0.1) is 0 Å². The fourth-order valence-corrected chi connectivity index (χ4v) is 2.47. The molecular weight excluding hydrogens is 228 g/mol. The maximum atomic E-state index is 11.4. The quantitative estimate of drug-likeness (QED) is 0.805. The lowest BCUT2D eigenvalue weighted by Gasteiger charge is -2.21. The third-order valence-electron chi connectivity index (χ3n) is 2.59. The molecular formula is C11H16O4S. The van der Waals surface area contributed by atoms with Gasteiger partial charge in [-0.25, -0.2) is 8.42 Å². The van der Waals surface area contributed by atoms with E-state index in [0.717, 1.165) is 11.8 Å². The molecule has 0 amide bonds. The van der Waals surface area contributed by atoms with Crippen molar-refractivity contribution in [2.24, 2.45) is 0 Å². The molecule has 1 aromatic carbocycles. The van der Waals surface area contributed by atoms with Gasteiger partial charge < -0.3 is 10.2 Å². The number of benzene rings is 1. The van der Waals surface area contributed by atoms with E-state index < -0.39 is 27.8 Å². The van der Waals surface area contributed by atoms with E-state index >= 15 is 0 Å². The van der Waals surface area contributed by atoms with Gasteiger partial charge in [0, 0.05) is 6.26 Å². The number of rotatable bonds is 4. The third-order valence-corrected chi connectivity index (χ3v) is 4.10. The SMILES string of the molecule is Cc1ccccc1[C@@H](O)[C@H](CO)S(C)(=O)=O. The lowest BCUT2D eigenvalue weighted by molar-refractivity contribution is 0.137. The molecule has 0 spiro atoms. The highest BCUT2D eigenvalue weighted by Gasteiger charge is 2.30. The fourth-order valence-electron chi connectivity index (χ4n) is 1.59. The largest absolute Gasteiger partial charge is 0.395 e. The van der Waals surface area contributed by atoms with Crippen molar-refractivity contribution in [3.63, 3.8) is 0 Å². The lowest BCUT2D eigenvalue weighted by Crippen LogP contribution is -2.31. The predicted molar refractivity (Wildman–Crippen MR) is 61.9 cm³/mol. The van der Waals surface area contributed by atoms with Crippen LogP contribution in [0.25, 0.3) is 0 Å². The van der Waals surface area contributed by atoms with E-state index in [-0.39, 0.29) is 0 Å². The van der Waals surface area contributed by atoms with Crippen LogP contribution in [0.2, 0.25) is 0 Å². The molecule has 5 heteroatoms. The number of aliphatic hydroxyl groups is 2. The fraction of sp³-hybridized carbons (Fsp3) is 0.455. The Morgan fingerprint density at radius 2 is 1.88 bits per heavy atom. The molecule has 0 aliphatic rings. The number of sulfone groups is 1. The standard InChI is InChI=1S/C11H16O4S/c1-8-5-3-4-6-9(8)11(13)10(7-12)16(2,14)15/h3-6,10-13H,7H2,1-2H3/t10-,11+/m0/s1. The second kappa shape index (κ2) is 4.95. The van der Waals surface area contributed by atoms with Gasteiger partial charge in [0.05, 0.1) is 12.7 Å². The molecule has 0 saturated heterocycles. The van der Waals surface area contributed by atoms with Crippen LogP contribution in [0.1, 0.15) is 17.2 Å². The Labute approximate surface area is 95.5 Å². The minimum Gasteiger partial charge on any atom is -0.395 e. The Morgan fingerprint density at radius 3 is 2.31 bits per heavy atom. The maximum absolute atomic E-state index is 11.4. The molecule has 1 aromatic rings. The first-order valence-electron chi connectivity index (χ1n) is 4.91. The van der Waals surface area contributed by atoms with Crippen LogP contribution < -0.4 is 0 Å². The number of hydrogen-bond donors (Lipinski definition) is 2. The van der Waals surface area contributed by atoms with Crippen molar-refractivity contribution in [3.05, 3.63) is 35.4 Å². The topological polar surface area (TPSA) is 74.6 Å². The monoisotopic (exact) mass is 244 g/mol. The van der Waals surface area contributed by atoms with Gasteiger partial charge in [-0.3, -0.25) is 0 Å². The Kier molecular flexibility index (Phi) is 4.07. The minimum atomic E-state index is -3.48. The van der Waals surface area contributed by atoms with Crippen LogP contribution in [-0.2, 0) is 9.84 Å². The van der Waals surface area contributed by atoms with Gasteiger partial charge in [-0.05, 0) is 18.1 Å². The van der Waals surface area contributed by atoms with Crippen LogP contribution in [0, 0.1) is 6.92 Å². The van der Waals surface area contributed by atoms with Crippen LogP contribution in [0.5, 0.6) is 0 Å². The van der Waals surface area contributed by atoms with Gasteiger partial charge in [0.2, 0.25) is 0 Å². The molecule has 0 aliphatic heterocycles. The van der Waals surface area contributed by atoms with Crippen molar-refractivity contribution in [2.75, 3.05) is 12.9 Å². The summed E-state index contributed by atoms with van der Waals surface area (Å²) in [5, 5.41) is 17.8. The summed E-state index contributed by atoms with van der Waals surface area (Å²) in [5.41, 5.74) is 1.34. The normalized spacial score (nSPS) is 15.8. The van der Waals surface area contributed by atoms with Crippen molar-refractivity contribution in [1.82, 2.24) is 0 Å². The van der Waals surface area contributed by atoms with E-state index in [9.17, 15) is 13.5 Å². The van der Waals surface area contributed by atoms with Gasteiger partial charge in [-0.2, -0.15) is 0 Å². The summed E-state index contributed by atoms with van der Waals surface area (Å²) in [4.78, 5) is 0. The molecule has 2 N–H and O–H groups in total. The zero-order chi connectivity index (χ0) is 12.3. The third kappa shape index (κ3) is 2.81. The number of aryl methyl sites for hydroxylation is 1. The van der Waals surface area contributed by atoms with E-state index in [1.807, 2.05) is 0 Å². The van der Waals surface area contributed by atoms with E-state index in [1.54, 1.807) is 31.2 Å². The molecule has 16 heavy (non-hydrogen) atoms. The highest BCUT2D eigenvalue weighted by molar-refractivity contribution is 7.91. The van der Waals surface area contributed by atoms with Crippen LogP contribution in [0.3, 0.4) is 0 Å². The number of aliphatic hydroxyl groups excluding tert-OH is 2. The number of hydrogen-bond acceptors (Lipinski definition) is 4. The summed E-state index contributed by atoms with van der Waals surface area (Å²) >= 11 is 0. The average molecular weight is 244 g/mol. The molecule has 1 rings (SSSR count). The van der Waals surface area contributed by atoms with E-state index in [2.05, 4.69) is 0 Å². The molecule has 0 aromatic heterocycles. The molecule has 0 aliphatic carbocycles. The van der Waals surface area contributed by atoms with E-state index in [4.69, 9.17) is 5.11 Å². The molecule has 0 unspecified atom stereocenters. The second-order valence-corrected chi connectivity index (χ2v) is 6.12. The van der Waals surface area contributed by atoms with Crippen molar-refractivity contribution in [3.8, 4) is 0 Å². The predicted octanol–water partition coefficient (Wildman–Crippen LogP) is 0.434. The van der Waals surface area contributed by atoms with Gasteiger partial charge in [0.25, 0.3) is 0 Å². The Hall–Kier alpha value is -0.910. The van der Waals surface area contributed by atoms with Gasteiger partial charge in [0.1, 0.15) is 5.25 Å². The van der Waals surface area contributed by atoms with Crippen molar-refractivity contribution >= 4 is 9.84 Å². The Morgan fingerprint density at radius 1 is 1.31 bits per heavy atom. The smallest absolute Gasteiger partial charge is 0.155 e. The zero-order valence-electron chi connectivity index (χ0n) is 9.29. The molecule has 2 atom stereocenters. The Bertz CT molecular complexity index is 453. The summed E-state index contributed by atoms with van der Waals surface area (Å²) in [7, 11) is -3.48. The van der Waals surface area contributed by atoms with Crippen molar-refractivity contribution in [1.29, 1.82) is 0 Å². The van der Waals surface area contributed by atoms with Crippen molar-refractivity contribution in [2.45, 2.75) is 18.3 Å².